The van der Waals surface area contributed by atoms with Gasteiger partial charge in [-0.3, -0.25) is 4.79 Å². The standard InChI is InChI=1S/C10H13NO.2ClH/c1-2-9(10(11)12)8-6-4-3-5-7-8;;/h3-7,9H,2H2,1H3,(H2,11,12);2*1H. The van der Waals surface area contributed by atoms with Crippen LogP contribution in [0.4, 0.5) is 0 Å². The molecule has 0 saturated heterocycles. The Morgan fingerprint density at radius 3 is 2.14 bits per heavy atom. The van der Waals surface area contributed by atoms with Crippen LogP contribution in [0, 0.1) is 0 Å². The first-order chi connectivity index (χ1) is 5.75. The van der Waals surface area contributed by atoms with Gasteiger partial charge in [-0.05, 0) is 12.0 Å². The summed E-state index contributed by atoms with van der Waals surface area (Å²) in [5.74, 6) is -0.380. The maximum absolute atomic E-state index is 11.0. The Bertz CT molecular complexity index is 264. The molecule has 0 aliphatic carbocycles. The van der Waals surface area contributed by atoms with E-state index in [0.717, 1.165) is 12.0 Å². The fourth-order valence-electron chi connectivity index (χ4n) is 1.29. The molecule has 1 aromatic carbocycles. The van der Waals surface area contributed by atoms with Crippen molar-refractivity contribution in [2.45, 2.75) is 19.3 Å². The Hall–Kier alpha value is -0.730. The molecule has 14 heavy (non-hydrogen) atoms. The van der Waals surface area contributed by atoms with Crippen molar-refractivity contribution < 1.29 is 4.79 Å². The van der Waals surface area contributed by atoms with Crippen LogP contribution < -0.4 is 5.73 Å². The second-order valence-electron chi connectivity index (χ2n) is 2.77. The van der Waals surface area contributed by atoms with Gasteiger partial charge in [0.05, 0.1) is 5.92 Å². The van der Waals surface area contributed by atoms with Crippen molar-refractivity contribution in [1.29, 1.82) is 0 Å². The molecule has 1 unspecified atom stereocenters. The van der Waals surface area contributed by atoms with Crippen molar-refractivity contribution >= 4 is 30.7 Å². The number of carbonyl (C=O) groups is 1. The van der Waals surface area contributed by atoms with Crippen LogP contribution in [0.3, 0.4) is 0 Å². The number of primary amides is 1. The van der Waals surface area contributed by atoms with Gasteiger partial charge in [0.1, 0.15) is 0 Å². The summed E-state index contributed by atoms with van der Waals surface area (Å²) in [5, 5.41) is 0. The predicted molar refractivity (Wildman–Crippen MR) is 63.2 cm³/mol. The van der Waals surface area contributed by atoms with Crippen LogP contribution >= 0.6 is 24.8 Å². The highest BCUT2D eigenvalue weighted by Crippen LogP contribution is 2.17. The zero-order chi connectivity index (χ0) is 8.97. The van der Waals surface area contributed by atoms with Gasteiger partial charge in [0.15, 0.2) is 0 Å². The van der Waals surface area contributed by atoms with Gasteiger partial charge in [-0.25, -0.2) is 0 Å². The molecule has 2 N–H and O–H groups in total. The number of nitrogens with two attached hydrogens (primary N) is 1. The van der Waals surface area contributed by atoms with E-state index in [1.54, 1.807) is 0 Å². The molecule has 2 nitrogen and oxygen atoms in total. The van der Waals surface area contributed by atoms with E-state index in [2.05, 4.69) is 0 Å². The summed E-state index contributed by atoms with van der Waals surface area (Å²) in [6.07, 6.45) is 0.763. The van der Waals surface area contributed by atoms with Crippen LogP contribution in [0.15, 0.2) is 30.3 Å². The molecule has 0 heterocycles. The zero-order valence-corrected chi connectivity index (χ0v) is 9.61. The van der Waals surface area contributed by atoms with E-state index in [0.29, 0.717) is 0 Å². The Labute approximate surface area is 96.7 Å². The molecule has 0 aliphatic heterocycles. The fourth-order valence-corrected chi connectivity index (χ4v) is 1.29. The third-order valence-electron chi connectivity index (χ3n) is 1.95. The lowest BCUT2D eigenvalue weighted by molar-refractivity contribution is -0.119. The van der Waals surface area contributed by atoms with E-state index in [1.807, 2.05) is 37.3 Å². The molecule has 1 amide bonds. The normalized spacial score (nSPS) is 10.6. The van der Waals surface area contributed by atoms with Gasteiger partial charge in [0.2, 0.25) is 5.91 Å². The van der Waals surface area contributed by atoms with E-state index < -0.39 is 0 Å². The molecule has 4 heteroatoms. The number of carbonyl (C=O) groups excluding carboxylic acids is 1. The molecule has 0 fully saturated rings. The van der Waals surface area contributed by atoms with E-state index in [9.17, 15) is 4.79 Å². The number of rotatable bonds is 3. The quantitative estimate of drug-likeness (QED) is 0.860. The van der Waals surface area contributed by atoms with Crippen molar-refractivity contribution in [3.05, 3.63) is 35.9 Å². The van der Waals surface area contributed by atoms with Gasteiger partial charge in [-0.1, -0.05) is 37.3 Å². The second-order valence-corrected chi connectivity index (χ2v) is 2.77. The smallest absolute Gasteiger partial charge is 0.224 e. The molecule has 0 aromatic heterocycles. The number of hydrogen-bond acceptors (Lipinski definition) is 1. The maximum atomic E-state index is 11.0. The van der Waals surface area contributed by atoms with Gasteiger partial charge in [0, 0.05) is 0 Å². The van der Waals surface area contributed by atoms with E-state index in [1.165, 1.54) is 0 Å². The number of hydrogen-bond donors (Lipinski definition) is 1. The van der Waals surface area contributed by atoms with E-state index in [-0.39, 0.29) is 36.6 Å². The molecule has 0 saturated carbocycles. The van der Waals surface area contributed by atoms with Crippen molar-refractivity contribution in [3.8, 4) is 0 Å². The minimum atomic E-state index is -0.247. The first-order valence-electron chi connectivity index (χ1n) is 4.10. The van der Waals surface area contributed by atoms with Crippen LogP contribution in [-0.2, 0) is 4.79 Å². The lowest BCUT2D eigenvalue weighted by Gasteiger charge is -2.09. The van der Waals surface area contributed by atoms with Crippen molar-refractivity contribution in [1.82, 2.24) is 0 Å². The summed E-state index contributed by atoms with van der Waals surface area (Å²) in [5.41, 5.74) is 6.25. The molecule has 1 atom stereocenters. The van der Waals surface area contributed by atoms with Gasteiger partial charge in [-0.2, -0.15) is 0 Å². The molecular formula is C10H15Cl2NO. The van der Waals surface area contributed by atoms with Crippen LogP contribution in [0.5, 0.6) is 0 Å². The SMILES string of the molecule is CCC(C(N)=O)c1ccccc1.Cl.Cl. The largest absolute Gasteiger partial charge is 0.369 e. The maximum Gasteiger partial charge on any atom is 0.224 e. The highest BCUT2D eigenvalue weighted by molar-refractivity contribution is 5.85. The average molecular weight is 236 g/mol. The summed E-state index contributed by atoms with van der Waals surface area (Å²) in [4.78, 5) is 11.0. The molecule has 0 radical (unpaired) electrons. The summed E-state index contributed by atoms with van der Waals surface area (Å²) in [6, 6.07) is 9.62. The van der Waals surface area contributed by atoms with Crippen molar-refractivity contribution in [3.63, 3.8) is 0 Å². The minimum absolute atomic E-state index is 0. The Kier molecular flexibility index (Phi) is 8.60. The Morgan fingerprint density at radius 1 is 1.29 bits per heavy atom. The lowest BCUT2D eigenvalue weighted by Crippen LogP contribution is -2.20. The van der Waals surface area contributed by atoms with Crippen LogP contribution in [0.1, 0.15) is 24.8 Å². The number of amides is 1. The van der Waals surface area contributed by atoms with E-state index >= 15 is 0 Å². The van der Waals surface area contributed by atoms with Crippen molar-refractivity contribution in [2.75, 3.05) is 0 Å². The lowest BCUT2D eigenvalue weighted by atomic mass is 9.96. The van der Waals surface area contributed by atoms with Gasteiger partial charge in [-0.15, -0.1) is 24.8 Å². The monoisotopic (exact) mass is 235 g/mol. The molecule has 0 spiro atoms. The van der Waals surface area contributed by atoms with Crippen LogP contribution in [-0.4, -0.2) is 5.91 Å². The van der Waals surface area contributed by atoms with Crippen LogP contribution in [0.2, 0.25) is 0 Å². The fraction of sp³-hybridized carbons (Fsp3) is 0.300. The van der Waals surface area contributed by atoms with Crippen molar-refractivity contribution in [2.24, 2.45) is 5.73 Å². The first kappa shape index (κ1) is 15.7. The topological polar surface area (TPSA) is 43.1 Å². The second kappa shape index (κ2) is 7.65. The highest BCUT2D eigenvalue weighted by atomic mass is 35.5. The van der Waals surface area contributed by atoms with Crippen LogP contribution in [0.25, 0.3) is 0 Å². The third-order valence-corrected chi connectivity index (χ3v) is 1.95. The summed E-state index contributed by atoms with van der Waals surface area (Å²) < 4.78 is 0. The van der Waals surface area contributed by atoms with E-state index in [4.69, 9.17) is 5.73 Å². The minimum Gasteiger partial charge on any atom is -0.369 e. The summed E-state index contributed by atoms with van der Waals surface area (Å²) in [6.45, 7) is 1.96. The van der Waals surface area contributed by atoms with Gasteiger partial charge < -0.3 is 5.73 Å². The van der Waals surface area contributed by atoms with Gasteiger partial charge >= 0.3 is 0 Å². The Morgan fingerprint density at radius 2 is 1.79 bits per heavy atom. The molecule has 80 valence electrons. The average Bonchev–Trinajstić information content (AvgIpc) is 2.07. The molecule has 0 bridgehead atoms. The summed E-state index contributed by atoms with van der Waals surface area (Å²) >= 11 is 0. The molecule has 1 aromatic rings. The predicted octanol–water partition coefficient (Wildman–Crippen LogP) is 2.51. The number of benzene rings is 1. The third kappa shape index (κ3) is 3.99. The number of halogens is 2. The molecular weight excluding hydrogens is 221 g/mol. The highest BCUT2D eigenvalue weighted by Gasteiger charge is 2.13. The Balaban J connectivity index is 0. The molecule has 1 rings (SSSR count). The molecule has 0 aliphatic rings. The first-order valence-corrected chi connectivity index (χ1v) is 4.10. The zero-order valence-electron chi connectivity index (χ0n) is 7.97. The summed E-state index contributed by atoms with van der Waals surface area (Å²) in [7, 11) is 0. The van der Waals surface area contributed by atoms with Gasteiger partial charge in [0.25, 0.3) is 0 Å².